The minimum Gasteiger partial charge on any atom is -0.394 e. The minimum atomic E-state index is -0.135. The van der Waals surface area contributed by atoms with E-state index in [4.69, 9.17) is 0 Å². The van der Waals surface area contributed by atoms with Crippen molar-refractivity contribution in [1.82, 2.24) is 9.88 Å². The van der Waals surface area contributed by atoms with Gasteiger partial charge in [-0.15, -0.1) is 11.3 Å². The highest BCUT2D eigenvalue weighted by molar-refractivity contribution is 7.18. The number of carbonyl (C=O) groups is 1. The average Bonchev–Trinajstić information content (AvgIpc) is 3.12. The molecular weight excluding hydrogens is 298 g/mol. The van der Waals surface area contributed by atoms with Crippen molar-refractivity contribution in [3.63, 3.8) is 0 Å². The number of thiazole rings is 1. The van der Waals surface area contributed by atoms with E-state index in [1.54, 1.807) is 16.2 Å². The molecule has 0 saturated carbocycles. The molecule has 0 spiro atoms. The summed E-state index contributed by atoms with van der Waals surface area (Å²) in [6.45, 7) is 4.99. The van der Waals surface area contributed by atoms with Gasteiger partial charge in [0.1, 0.15) is 0 Å². The first-order valence-corrected chi connectivity index (χ1v) is 8.49. The average molecular weight is 319 g/mol. The van der Waals surface area contributed by atoms with Crippen LogP contribution in [0.15, 0.2) is 18.2 Å². The number of rotatable bonds is 3. The third-order valence-corrected chi connectivity index (χ3v) is 5.32. The third kappa shape index (κ3) is 2.94. The van der Waals surface area contributed by atoms with Crippen LogP contribution in [-0.4, -0.2) is 40.2 Å². The van der Waals surface area contributed by atoms with Gasteiger partial charge >= 0.3 is 6.03 Å². The molecule has 2 N–H and O–H groups in total. The number of carbonyl (C=O) groups excluding carboxylic acids is 1. The lowest BCUT2D eigenvalue weighted by molar-refractivity contribution is 0.166. The van der Waals surface area contributed by atoms with Gasteiger partial charge in [0.05, 0.1) is 27.9 Å². The maximum Gasteiger partial charge on any atom is 0.322 e. The molecule has 1 unspecified atom stereocenters. The minimum absolute atomic E-state index is 0.0268. The molecule has 22 heavy (non-hydrogen) atoms. The van der Waals surface area contributed by atoms with Gasteiger partial charge in [-0.2, -0.15) is 0 Å². The lowest BCUT2D eigenvalue weighted by atomic mass is 10.2. The highest BCUT2D eigenvalue weighted by Gasteiger charge is 2.28. The monoisotopic (exact) mass is 319 g/mol. The van der Waals surface area contributed by atoms with Crippen LogP contribution in [0.1, 0.15) is 37.6 Å². The smallest absolute Gasteiger partial charge is 0.322 e. The molecule has 3 rings (SSSR count). The number of amides is 2. The van der Waals surface area contributed by atoms with Crippen LogP contribution < -0.4 is 5.32 Å². The first-order chi connectivity index (χ1) is 10.6. The van der Waals surface area contributed by atoms with Crippen molar-refractivity contribution in [2.75, 3.05) is 18.5 Å². The fourth-order valence-corrected chi connectivity index (χ4v) is 3.76. The predicted octanol–water partition coefficient (Wildman–Crippen LogP) is 3.41. The van der Waals surface area contributed by atoms with Gasteiger partial charge < -0.3 is 15.3 Å². The molecule has 5 nitrogen and oxygen atoms in total. The van der Waals surface area contributed by atoms with Gasteiger partial charge in [-0.25, -0.2) is 9.78 Å². The summed E-state index contributed by atoms with van der Waals surface area (Å²) in [4.78, 5) is 18.6. The molecule has 1 saturated heterocycles. The summed E-state index contributed by atoms with van der Waals surface area (Å²) >= 11 is 1.67. The molecule has 0 aliphatic carbocycles. The molecule has 1 fully saturated rings. The van der Waals surface area contributed by atoms with Crippen LogP contribution in [0, 0.1) is 0 Å². The molecule has 0 bridgehead atoms. The van der Waals surface area contributed by atoms with Gasteiger partial charge in [-0.1, -0.05) is 13.8 Å². The van der Waals surface area contributed by atoms with Gasteiger partial charge in [-0.05, 0) is 31.0 Å². The number of anilines is 1. The van der Waals surface area contributed by atoms with E-state index in [0.717, 1.165) is 33.8 Å². The Balaban J connectivity index is 1.77. The molecule has 2 heterocycles. The van der Waals surface area contributed by atoms with Crippen LogP contribution in [0.3, 0.4) is 0 Å². The van der Waals surface area contributed by atoms with E-state index < -0.39 is 0 Å². The fourth-order valence-electron chi connectivity index (χ4n) is 2.76. The molecule has 2 amide bonds. The highest BCUT2D eigenvalue weighted by atomic mass is 32.1. The zero-order valence-electron chi connectivity index (χ0n) is 12.9. The van der Waals surface area contributed by atoms with Gasteiger partial charge in [0.25, 0.3) is 0 Å². The van der Waals surface area contributed by atoms with Crippen molar-refractivity contribution in [2.24, 2.45) is 0 Å². The van der Waals surface area contributed by atoms with E-state index in [9.17, 15) is 9.90 Å². The Morgan fingerprint density at radius 2 is 2.36 bits per heavy atom. The van der Waals surface area contributed by atoms with Crippen LogP contribution in [0.4, 0.5) is 10.5 Å². The summed E-state index contributed by atoms with van der Waals surface area (Å²) in [7, 11) is 0. The summed E-state index contributed by atoms with van der Waals surface area (Å²) < 4.78 is 1.08. The first kappa shape index (κ1) is 15.2. The van der Waals surface area contributed by atoms with E-state index in [2.05, 4.69) is 24.1 Å². The molecule has 6 heteroatoms. The molecule has 118 valence electrons. The van der Waals surface area contributed by atoms with E-state index >= 15 is 0 Å². The number of hydrogen-bond acceptors (Lipinski definition) is 4. The third-order valence-electron chi connectivity index (χ3n) is 4.00. The number of hydrogen-bond donors (Lipinski definition) is 2. The topological polar surface area (TPSA) is 65.5 Å². The Labute approximate surface area is 134 Å². The molecule has 2 aromatic rings. The standard InChI is InChI=1S/C16H21N3O2S/c1-10(2)15-18-13-6-5-11(8-14(13)22-15)17-16(21)19-7-3-4-12(19)9-20/h5-6,8,10,12,20H,3-4,7,9H2,1-2H3,(H,17,21). The number of aromatic nitrogens is 1. The Bertz CT molecular complexity index is 683. The number of nitrogens with one attached hydrogen (secondary N) is 1. The Kier molecular flexibility index (Phi) is 4.31. The normalized spacial score (nSPS) is 18.4. The van der Waals surface area contributed by atoms with Gasteiger partial charge in [0.2, 0.25) is 0 Å². The zero-order valence-corrected chi connectivity index (χ0v) is 13.7. The fraction of sp³-hybridized carbons (Fsp3) is 0.500. The van der Waals surface area contributed by atoms with Crippen molar-refractivity contribution in [2.45, 2.75) is 38.6 Å². The number of urea groups is 1. The molecule has 1 atom stereocenters. The maximum absolute atomic E-state index is 12.3. The molecule has 1 aromatic heterocycles. The summed E-state index contributed by atoms with van der Waals surface area (Å²) in [5.41, 5.74) is 1.75. The second kappa shape index (κ2) is 6.22. The van der Waals surface area contributed by atoms with E-state index in [0.29, 0.717) is 12.5 Å². The van der Waals surface area contributed by atoms with E-state index in [1.165, 1.54) is 0 Å². The number of aliphatic hydroxyl groups is 1. The van der Waals surface area contributed by atoms with Crippen molar-refractivity contribution >= 4 is 33.3 Å². The van der Waals surface area contributed by atoms with Crippen molar-refractivity contribution < 1.29 is 9.90 Å². The molecule has 0 radical (unpaired) electrons. The number of benzene rings is 1. The van der Waals surface area contributed by atoms with E-state index in [-0.39, 0.29) is 18.7 Å². The second-order valence-corrected chi connectivity index (χ2v) is 7.05. The lowest BCUT2D eigenvalue weighted by Crippen LogP contribution is -2.40. The van der Waals surface area contributed by atoms with Gasteiger partial charge in [0, 0.05) is 18.2 Å². The first-order valence-electron chi connectivity index (χ1n) is 7.67. The lowest BCUT2D eigenvalue weighted by Gasteiger charge is -2.23. The largest absolute Gasteiger partial charge is 0.394 e. The number of nitrogens with zero attached hydrogens (tertiary/aromatic N) is 2. The maximum atomic E-state index is 12.3. The quantitative estimate of drug-likeness (QED) is 0.911. The van der Waals surface area contributed by atoms with Crippen LogP contribution in [0.2, 0.25) is 0 Å². The number of likely N-dealkylation sites (tertiary alicyclic amines) is 1. The molecule has 1 aromatic carbocycles. The number of aliphatic hydroxyl groups excluding tert-OH is 1. The summed E-state index contributed by atoms with van der Waals surface area (Å²) in [6.07, 6.45) is 1.82. The molecule has 1 aliphatic rings. The summed E-state index contributed by atoms with van der Waals surface area (Å²) in [6, 6.07) is 5.61. The number of fused-ring (bicyclic) bond motifs is 1. The highest BCUT2D eigenvalue weighted by Crippen LogP contribution is 2.29. The SMILES string of the molecule is CC(C)c1nc2ccc(NC(=O)N3CCCC3CO)cc2s1. The van der Waals surface area contributed by atoms with Gasteiger partial charge in [-0.3, -0.25) is 0 Å². The van der Waals surface area contributed by atoms with Crippen LogP contribution >= 0.6 is 11.3 Å². The van der Waals surface area contributed by atoms with Gasteiger partial charge in [0.15, 0.2) is 0 Å². The summed E-state index contributed by atoms with van der Waals surface area (Å²) in [5.74, 6) is 0.408. The molecule has 1 aliphatic heterocycles. The Morgan fingerprint density at radius 3 is 3.09 bits per heavy atom. The molecular formula is C16H21N3O2S. The van der Waals surface area contributed by atoms with Crippen molar-refractivity contribution in [3.05, 3.63) is 23.2 Å². The Morgan fingerprint density at radius 1 is 1.55 bits per heavy atom. The van der Waals surface area contributed by atoms with E-state index in [1.807, 2.05) is 18.2 Å². The Hall–Kier alpha value is -1.66. The van der Waals surface area contributed by atoms with Crippen LogP contribution in [-0.2, 0) is 0 Å². The zero-order chi connectivity index (χ0) is 15.7. The van der Waals surface area contributed by atoms with Crippen LogP contribution in [0.25, 0.3) is 10.2 Å². The second-order valence-electron chi connectivity index (χ2n) is 5.99. The van der Waals surface area contributed by atoms with Crippen LogP contribution in [0.5, 0.6) is 0 Å². The summed E-state index contributed by atoms with van der Waals surface area (Å²) in [5, 5.41) is 13.4. The van der Waals surface area contributed by atoms with Crippen molar-refractivity contribution in [3.8, 4) is 0 Å². The predicted molar refractivity (Wildman–Crippen MR) is 89.5 cm³/mol. The van der Waals surface area contributed by atoms with Crippen molar-refractivity contribution in [1.29, 1.82) is 0 Å².